The minimum absolute atomic E-state index is 0.360. The summed E-state index contributed by atoms with van der Waals surface area (Å²) in [7, 11) is 0. The molecule has 0 atom stereocenters. The van der Waals surface area contributed by atoms with Crippen LogP contribution in [-0.4, -0.2) is 39.6 Å². The van der Waals surface area contributed by atoms with Gasteiger partial charge >= 0.3 is 0 Å². The van der Waals surface area contributed by atoms with E-state index in [4.69, 9.17) is 19.1 Å². The number of pyridine rings is 1. The molecule has 1 saturated heterocycles. The van der Waals surface area contributed by atoms with Crippen molar-refractivity contribution in [3.8, 4) is 23.1 Å². The third-order valence-corrected chi connectivity index (χ3v) is 6.03. The maximum atomic E-state index is 9.41. The SMILES string of the molecule is CCOc1cc(-c2nc(C)oc2C)ccc1Nc1ncc2cc(C)nc(N3CC(C)(C#N)C3)c2n1. The predicted molar refractivity (Wildman–Crippen MR) is 134 cm³/mol. The number of ether oxygens (including phenoxy) is 1. The van der Waals surface area contributed by atoms with Gasteiger partial charge in [-0.3, -0.25) is 0 Å². The molecule has 0 aliphatic carbocycles. The second-order valence-electron chi connectivity index (χ2n) is 9.15. The average Bonchev–Trinajstić information content (AvgIpc) is 3.15. The first-order chi connectivity index (χ1) is 16.8. The van der Waals surface area contributed by atoms with Crippen LogP contribution in [-0.2, 0) is 0 Å². The first-order valence-corrected chi connectivity index (χ1v) is 11.6. The second kappa shape index (κ2) is 8.55. The Morgan fingerprint density at radius 3 is 2.66 bits per heavy atom. The summed E-state index contributed by atoms with van der Waals surface area (Å²) in [5, 5.41) is 13.6. The molecule has 5 rings (SSSR count). The second-order valence-corrected chi connectivity index (χ2v) is 9.15. The molecule has 1 aromatic carbocycles. The molecule has 0 spiro atoms. The van der Waals surface area contributed by atoms with E-state index < -0.39 is 0 Å². The molecule has 1 N–H and O–H groups in total. The molecule has 9 nitrogen and oxygen atoms in total. The molecule has 0 radical (unpaired) electrons. The van der Waals surface area contributed by atoms with Crippen LogP contribution in [0.2, 0.25) is 0 Å². The van der Waals surface area contributed by atoms with E-state index in [0.717, 1.165) is 45.1 Å². The monoisotopic (exact) mass is 469 g/mol. The van der Waals surface area contributed by atoms with Gasteiger partial charge in [0.25, 0.3) is 0 Å². The number of hydrogen-bond acceptors (Lipinski definition) is 9. The van der Waals surface area contributed by atoms with E-state index in [1.54, 1.807) is 6.20 Å². The molecular weight excluding hydrogens is 442 g/mol. The minimum atomic E-state index is -0.360. The highest BCUT2D eigenvalue weighted by molar-refractivity contribution is 5.90. The van der Waals surface area contributed by atoms with Gasteiger partial charge in [0.1, 0.15) is 22.7 Å². The van der Waals surface area contributed by atoms with Gasteiger partial charge < -0.3 is 19.4 Å². The quantitative estimate of drug-likeness (QED) is 0.412. The fourth-order valence-corrected chi connectivity index (χ4v) is 4.42. The molecule has 1 aliphatic rings. The largest absolute Gasteiger partial charge is 0.492 e. The zero-order valence-electron chi connectivity index (χ0n) is 20.5. The lowest BCUT2D eigenvalue weighted by Gasteiger charge is -2.44. The van der Waals surface area contributed by atoms with Crippen LogP contribution in [0.5, 0.6) is 5.75 Å². The van der Waals surface area contributed by atoms with E-state index in [1.165, 1.54) is 0 Å². The zero-order valence-corrected chi connectivity index (χ0v) is 20.5. The first kappa shape index (κ1) is 22.6. The Bertz CT molecular complexity index is 1460. The zero-order chi connectivity index (χ0) is 24.7. The van der Waals surface area contributed by atoms with Crippen LogP contribution < -0.4 is 15.0 Å². The summed E-state index contributed by atoms with van der Waals surface area (Å²) in [5.41, 5.74) is 3.72. The molecule has 1 fully saturated rings. The van der Waals surface area contributed by atoms with Gasteiger partial charge in [-0.15, -0.1) is 0 Å². The van der Waals surface area contributed by atoms with Crippen molar-refractivity contribution in [1.82, 2.24) is 19.9 Å². The molecule has 0 bridgehead atoms. The van der Waals surface area contributed by atoms with Crippen molar-refractivity contribution in [3.63, 3.8) is 0 Å². The van der Waals surface area contributed by atoms with E-state index in [0.29, 0.717) is 37.3 Å². The Labute approximate surface area is 203 Å². The predicted octanol–water partition coefficient (Wildman–Crippen LogP) is 5.10. The van der Waals surface area contributed by atoms with Crippen molar-refractivity contribution < 1.29 is 9.15 Å². The van der Waals surface area contributed by atoms with Crippen LogP contribution in [0.1, 0.15) is 31.2 Å². The maximum Gasteiger partial charge on any atom is 0.227 e. The summed E-state index contributed by atoms with van der Waals surface area (Å²) < 4.78 is 11.5. The number of nitrogens with one attached hydrogen (secondary N) is 1. The van der Waals surface area contributed by atoms with Crippen molar-refractivity contribution in [2.75, 3.05) is 29.9 Å². The molecule has 1 aliphatic heterocycles. The molecule has 4 aromatic rings. The van der Waals surface area contributed by atoms with Crippen molar-refractivity contribution in [3.05, 3.63) is 47.8 Å². The lowest BCUT2D eigenvalue weighted by molar-refractivity contribution is 0.335. The topological polar surface area (TPSA) is 113 Å². The van der Waals surface area contributed by atoms with Crippen LogP contribution in [0.4, 0.5) is 17.5 Å². The van der Waals surface area contributed by atoms with Gasteiger partial charge in [0.15, 0.2) is 11.7 Å². The number of oxazole rings is 1. The molecular formula is C26H27N7O2. The summed E-state index contributed by atoms with van der Waals surface area (Å²) in [5.74, 6) is 3.27. The summed E-state index contributed by atoms with van der Waals surface area (Å²) in [6.07, 6.45) is 1.79. The molecule has 0 saturated carbocycles. The van der Waals surface area contributed by atoms with Crippen LogP contribution in [0.3, 0.4) is 0 Å². The van der Waals surface area contributed by atoms with Gasteiger partial charge in [0.05, 0.1) is 23.8 Å². The first-order valence-electron chi connectivity index (χ1n) is 11.6. The molecule has 4 heterocycles. The number of fused-ring (bicyclic) bond motifs is 1. The number of benzene rings is 1. The Morgan fingerprint density at radius 2 is 1.97 bits per heavy atom. The highest BCUT2D eigenvalue weighted by atomic mass is 16.5. The third kappa shape index (κ3) is 4.23. The number of hydrogen-bond donors (Lipinski definition) is 1. The Kier molecular flexibility index (Phi) is 5.52. The molecule has 178 valence electrons. The lowest BCUT2D eigenvalue weighted by atomic mass is 9.83. The smallest absolute Gasteiger partial charge is 0.227 e. The lowest BCUT2D eigenvalue weighted by Crippen LogP contribution is -2.54. The van der Waals surface area contributed by atoms with E-state index in [9.17, 15) is 5.26 Å². The number of rotatable bonds is 6. The minimum Gasteiger partial charge on any atom is -0.492 e. The Morgan fingerprint density at radius 1 is 1.17 bits per heavy atom. The van der Waals surface area contributed by atoms with Gasteiger partial charge in [-0.2, -0.15) is 5.26 Å². The summed E-state index contributed by atoms with van der Waals surface area (Å²) >= 11 is 0. The highest BCUT2D eigenvalue weighted by Crippen LogP contribution is 2.37. The molecule has 0 unspecified atom stereocenters. The van der Waals surface area contributed by atoms with Crippen LogP contribution in [0.25, 0.3) is 22.2 Å². The molecule has 0 amide bonds. The van der Waals surface area contributed by atoms with E-state index >= 15 is 0 Å². The van der Waals surface area contributed by atoms with Crippen LogP contribution in [0, 0.1) is 37.5 Å². The normalized spacial score (nSPS) is 14.5. The maximum absolute atomic E-state index is 9.41. The molecule has 9 heteroatoms. The highest BCUT2D eigenvalue weighted by Gasteiger charge is 2.40. The van der Waals surface area contributed by atoms with Crippen molar-refractivity contribution in [2.24, 2.45) is 5.41 Å². The fourth-order valence-electron chi connectivity index (χ4n) is 4.42. The number of aryl methyl sites for hydroxylation is 3. The van der Waals surface area contributed by atoms with Crippen molar-refractivity contribution in [1.29, 1.82) is 5.26 Å². The number of aromatic nitrogens is 4. The average molecular weight is 470 g/mol. The summed E-state index contributed by atoms with van der Waals surface area (Å²) in [6.45, 7) is 11.3. The fraction of sp³-hybridized carbons (Fsp3) is 0.346. The van der Waals surface area contributed by atoms with Gasteiger partial charge in [-0.05, 0) is 45.9 Å². The van der Waals surface area contributed by atoms with Crippen LogP contribution in [0.15, 0.2) is 34.9 Å². The van der Waals surface area contributed by atoms with E-state index in [-0.39, 0.29) is 5.41 Å². The van der Waals surface area contributed by atoms with Gasteiger partial charge in [-0.25, -0.2) is 19.9 Å². The van der Waals surface area contributed by atoms with E-state index in [1.807, 2.05) is 58.9 Å². The Balaban J connectivity index is 1.49. The Hall–Kier alpha value is -4.19. The third-order valence-electron chi connectivity index (χ3n) is 6.03. The van der Waals surface area contributed by atoms with Gasteiger partial charge in [0.2, 0.25) is 5.95 Å². The number of anilines is 3. The standard InChI is InChI=1S/C26H27N7O2/c1-6-34-21-10-18(22-16(3)35-17(4)30-22)7-8-20(21)31-25-28-11-19-9-15(2)29-24(23(19)32-25)33-13-26(5,12-27)14-33/h7-11H,6,13-14H2,1-5H3,(H,28,31,32). The van der Waals surface area contributed by atoms with Gasteiger partial charge in [0, 0.05) is 42.9 Å². The van der Waals surface area contributed by atoms with Crippen molar-refractivity contribution >= 4 is 28.4 Å². The number of nitriles is 1. The summed E-state index contributed by atoms with van der Waals surface area (Å²) in [6, 6.07) is 10.2. The van der Waals surface area contributed by atoms with Crippen molar-refractivity contribution in [2.45, 2.75) is 34.6 Å². The van der Waals surface area contributed by atoms with E-state index in [2.05, 4.69) is 26.3 Å². The van der Waals surface area contributed by atoms with Crippen LogP contribution >= 0.6 is 0 Å². The molecule has 35 heavy (non-hydrogen) atoms. The number of nitrogens with zero attached hydrogens (tertiary/aromatic N) is 6. The summed E-state index contributed by atoms with van der Waals surface area (Å²) in [4.78, 5) is 20.6. The molecule has 3 aromatic heterocycles. The van der Waals surface area contributed by atoms with Gasteiger partial charge in [-0.1, -0.05) is 6.07 Å².